The fourth-order valence-corrected chi connectivity index (χ4v) is 4.14. The van der Waals surface area contributed by atoms with E-state index in [0.717, 1.165) is 35.6 Å². The standard InChI is InChI=1S/C26H31N7O3/c1-17-6-5-7-18(14-17)19-8-9-33(31-19)22-15-20(32-10-12-35-13-11-32)23-24(30-22)29-21(28-23)16-27-25(34)36-26(2,3)4/h5-9,14-15H,10-13,16H2,1-4H3,(H,27,34)(H,28,29,30). The predicted molar refractivity (Wildman–Crippen MR) is 137 cm³/mol. The largest absolute Gasteiger partial charge is 0.444 e. The molecule has 0 bridgehead atoms. The molecule has 1 amide bonds. The summed E-state index contributed by atoms with van der Waals surface area (Å²) in [6.07, 6.45) is 1.41. The van der Waals surface area contributed by atoms with Gasteiger partial charge < -0.3 is 24.7 Å². The van der Waals surface area contributed by atoms with Crippen LogP contribution >= 0.6 is 0 Å². The zero-order valence-corrected chi connectivity index (χ0v) is 21.0. The molecule has 10 heteroatoms. The summed E-state index contributed by atoms with van der Waals surface area (Å²) >= 11 is 0. The van der Waals surface area contributed by atoms with Gasteiger partial charge in [0.05, 0.1) is 31.1 Å². The van der Waals surface area contributed by atoms with E-state index in [2.05, 4.69) is 39.2 Å². The van der Waals surface area contributed by atoms with Crippen molar-refractivity contribution in [3.05, 3.63) is 54.0 Å². The van der Waals surface area contributed by atoms with E-state index in [1.54, 1.807) is 4.68 Å². The number of aryl methyl sites for hydroxylation is 1. The highest BCUT2D eigenvalue weighted by atomic mass is 16.6. The average molecular weight is 490 g/mol. The maximum atomic E-state index is 12.1. The van der Waals surface area contributed by atoms with Crippen molar-refractivity contribution >= 4 is 22.9 Å². The number of fused-ring (bicyclic) bond motifs is 1. The number of pyridine rings is 1. The fraction of sp³-hybridized carbons (Fsp3) is 0.385. The number of hydrogen-bond acceptors (Lipinski definition) is 7. The predicted octanol–water partition coefficient (Wildman–Crippen LogP) is 3.98. The summed E-state index contributed by atoms with van der Waals surface area (Å²) in [5, 5.41) is 7.54. The molecule has 1 aliphatic heterocycles. The number of alkyl carbamates (subject to hydrolysis) is 1. The Morgan fingerprint density at radius 2 is 1.97 bits per heavy atom. The molecule has 3 aromatic heterocycles. The molecule has 4 aromatic rings. The number of amides is 1. The number of aromatic amines is 1. The van der Waals surface area contributed by atoms with Crippen LogP contribution in [0.2, 0.25) is 0 Å². The van der Waals surface area contributed by atoms with Crippen molar-refractivity contribution in [2.45, 2.75) is 39.8 Å². The number of nitrogens with one attached hydrogen (secondary N) is 2. The number of rotatable bonds is 5. The van der Waals surface area contributed by atoms with Crippen LogP contribution in [0.5, 0.6) is 0 Å². The minimum Gasteiger partial charge on any atom is -0.444 e. The molecule has 1 aliphatic rings. The van der Waals surface area contributed by atoms with E-state index in [-0.39, 0.29) is 6.54 Å². The number of anilines is 1. The first-order valence-corrected chi connectivity index (χ1v) is 12.1. The molecule has 0 spiro atoms. The second-order valence-electron chi connectivity index (χ2n) is 9.85. The van der Waals surface area contributed by atoms with Gasteiger partial charge in [-0.15, -0.1) is 0 Å². The van der Waals surface area contributed by atoms with E-state index >= 15 is 0 Å². The third kappa shape index (κ3) is 5.33. The lowest BCUT2D eigenvalue weighted by atomic mass is 10.1. The number of benzene rings is 1. The topological polar surface area (TPSA) is 110 Å². The van der Waals surface area contributed by atoms with Crippen molar-refractivity contribution in [1.82, 2.24) is 30.0 Å². The van der Waals surface area contributed by atoms with Gasteiger partial charge in [-0.3, -0.25) is 0 Å². The summed E-state index contributed by atoms with van der Waals surface area (Å²) in [6, 6.07) is 12.3. The van der Waals surface area contributed by atoms with Crippen molar-refractivity contribution in [3.63, 3.8) is 0 Å². The molecule has 10 nitrogen and oxygen atoms in total. The van der Waals surface area contributed by atoms with Crippen LogP contribution in [0.3, 0.4) is 0 Å². The van der Waals surface area contributed by atoms with Crippen LogP contribution < -0.4 is 10.2 Å². The van der Waals surface area contributed by atoms with Crippen molar-refractivity contribution < 1.29 is 14.3 Å². The molecule has 0 aliphatic carbocycles. The van der Waals surface area contributed by atoms with Crippen LogP contribution in [-0.2, 0) is 16.0 Å². The van der Waals surface area contributed by atoms with Crippen LogP contribution in [0.15, 0.2) is 42.6 Å². The molecular weight excluding hydrogens is 458 g/mol. The van der Waals surface area contributed by atoms with Crippen LogP contribution in [0, 0.1) is 6.92 Å². The van der Waals surface area contributed by atoms with Crippen LogP contribution in [-0.4, -0.2) is 62.7 Å². The number of aromatic nitrogens is 5. The maximum Gasteiger partial charge on any atom is 0.408 e. The Bertz CT molecular complexity index is 1380. The van der Waals surface area contributed by atoms with Gasteiger partial charge in [0.2, 0.25) is 0 Å². The van der Waals surface area contributed by atoms with Gasteiger partial charge in [0.1, 0.15) is 16.9 Å². The van der Waals surface area contributed by atoms with E-state index in [4.69, 9.17) is 19.6 Å². The first-order chi connectivity index (χ1) is 17.2. The molecule has 188 valence electrons. The van der Waals surface area contributed by atoms with E-state index < -0.39 is 11.7 Å². The second-order valence-corrected chi connectivity index (χ2v) is 9.85. The number of morpholine rings is 1. The lowest BCUT2D eigenvalue weighted by Crippen LogP contribution is -2.36. The SMILES string of the molecule is Cc1cccc(-c2ccn(-c3cc(N4CCOCC4)c4[nH]c(CNC(=O)OC(C)(C)C)nc4n3)n2)c1. The summed E-state index contributed by atoms with van der Waals surface area (Å²) < 4.78 is 12.7. The van der Waals surface area contributed by atoms with Gasteiger partial charge in [0.15, 0.2) is 11.5 Å². The molecule has 4 heterocycles. The number of carbonyl (C=O) groups excluding carboxylic acids is 1. The number of nitrogens with zero attached hydrogens (tertiary/aromatic N) is 5. The highest BCUT2D eigenvalue weighted by molar-refractivity contribution is 5.87. The number of hydrogen-bond donors (Lipinski definition) is 2. The van der Waals surface area contributed by atoms with E-state index in [1.807, 2.05) is 51.2 Å². The lowest BCUT2D eigenvalue weighted by Gasteiger charge is -2.29. The normalized spacial score (nSPS) is 14.3. The minimum atomic E-state index is -0.570. The maximum absolute atomic E-state index is 12.1. The van der Waals surface area contributed by atoms with Gasteiger partial charge in [-0.05, 0) is 39.8 Å². The smallest absolute Gasteiger partial charge is 0.408 e. The summed E-state index contributed by atoms with van der Waals surface area (Å²) in [4.78, 5) is 27.2. The van der Waals surface area contributed by atoms with Gasteiger partial charge in [-0.1, -0.05) is 23.8 Å². The summed E-state index contributed by atoms with van der Waals surface area (Å²) in [5.41, 5.74) is 4.88. The Balaban J connectivity index is 1.48. The molecule has 36 heavy (non-hydrogen) atoms. The van der Waals surface area contributed by atoms with Gasteiger partial charge in [-0.25, -0.2) is 19.4 Å². The zero-order valence-electron chi connectivity index (χ0n) is 21.0. The first-order valence-electron chi connectivity index (χ1n) is 12.1. The Morgan fingerprint density at radius 3 is 2.72 bits per heavy atom. The quantitative estimate of drug-likeness (QED) is 0.436. The Kier molecular flexibility index (Phi) is 6.36. The molecule has 0 radical (unpaired) electrons. The van der Waals surface area contributed by atoms with Crippen molar-refractivity contribution in [3.8, 4) is 17.1 Å². The van der Waals surface area contributed by atoms with Crippen LogP contribution in [0.4, 0.5) is 10.5 Å². The van der Waals surface area contributed by atoms with Gasteiger partial charge in [0, 0.05) is 30.9 Å². The number of carbonyl (C=O) groups is 1. The molecule has 1 saturated heterocycles. The monoisotopic (exact) mass is 489 g/mol. The van der Waals surface area contributed by atoms with E-state index in [1.165, 1.54) is 5.56 Å². The third-order valence-corrected chi connectivity index (χ3v) is 5.76. The molecule has 0 unspecified atom stereocenters. The lowest BCUT2D eigenvalue weighted by molar-refractivity contribution is 0.0522. The Morgan fingerprint density at radius 1 is 1.17 bits per heavy atom. The van der Waals surface area contributed by atoms with Crippen molar-refractivity contribution in [2.24, 2.45) is 0 Å². The van der Waals surface area contributed by atoms with Crippen LogP contribution in [0.1, 0.15) is 32.2 Å². The average Bonchev–Trinajstić information content (AvgIpc) is 3.49. The van der Waals surface area contributed by atoms with E-state index in [0.29, 0.717) is 30.5 Å². The number of ether oxygens (including phenoxy) is 2. The second kappa shape index (κ2) is 9.62. The van der Waals surface area contributed by atoms with Crippen molar-refractivity contribution in [2.75, 3.05) is 31.2 Å². The molecule has 0 atom stereocenters. The summed E-state index contributed by atoms with van der Waals surface area (Å²) in [7, 11) is 0. The molecular formula is C26H31N7O3. The first kappa shape index (κ1) is 23.8. The number of imidazole rings is 1. The molecule has 0 saturated carbocycles. The highest BCUT2D eigenvalue weighted by Gasteiger charge is 2.21. The Hall–Kier alpha value is -3.92. The Labute approximate surface area is 209 Å². The highest BCUT2D eigenvalue weighted by Crippen LogP contribution is 2.28. The summed E-state index contributed by atoms with van der Waals surface area (Å²) in [5.74, 6) is 1.26. The van der Waals surface area contributed by atoms with Gasteiger partial charge in [0.25, 0.3) is 0 Å². The van der Waals surface area contributed by atoms with Gasteiger partial charge >= 0.3 is 6.09 Å². The van der Waals surface area contributed by atoms with Crippen molar-refractivity contribution in [1.29, 1.82) is 0 Å². The van der Waals surface area contributed by atoms with Gasteiger partial charge in [-0.2, -0.15) is 5.10 Å². The van der Waals surface area contributed by atoms with Crippen LogP contribution in [0.25, 0.3) is 28.2 Å². The number of H-pyrrole nitrogens is 1. The molecule has 1 fully saturated rings. The summed E-state index contributed by atoms with van der Waals surface area (Å²) in [6.45, 7) is 10.6. The fourth-order valence-electron chi connectivity index (χ4n) is 4.14. The minimum absolute atomic E-state index is 0.197. The molecule has 5 rings (SSSR count). The molecule has 1 aromatic carbocycles. The zero-order chi connectivity index (χ0) is 25.3. The third-order valence-electron chi connectivity index (χ3n) is 5.76. The molecule has 2 N–H and O–H groups in total. The van der Waals surface area contributed by atoms with E-state index in [9.17, 15) is 4.79 Å².